The van der Waals surface area contributed by atoms with Gasteiger partial charge in [-0.05, 0) is 101 Å². The van der Waals surface area contributed by atoms with Gasteiger partial charge in [-0.1, -0.05) is 124 Å². The molecule has 0 aromatic heterocycles. The molecule has 0 aliphatic rings. The van der Waals surface area contributed by atoms with Crippen LogP contribution in [-0.2, 0) is 5.41 Å². The van der Waals surface area contributed by atoms with Crippen molar-refractivity contribution >= 4 is 46.3 Å². The highest BCUT2D eigenvalue weighted by Crippen LogP contribution is 2.38. The van der Waals surface area contributed by atoms with Crippen LogP contribution in [0.3, 0.4) is 0 Å². The molecule has 6 aromatic carbocycles. The maximum atomic E-state index is 2.35. The summed E-state index contributed by atoms with van der Waals surface area (Å²) in [6.45, 7) is 8.94. The standard InChI is InChI=1S/C43H40N2/c1-33-13-11-12-18-42(33)45(41-31-25-36(26-32-41)43(2,3)4)40-29-23-35(24-30-40)20-19-34-21-27-39(28-22-34)44(37-14-7-5-8-15-37)38-16-9-6-10-17-38/h5-32H,1-4H3/b20-19+. The van der Waals surface area contributed by atoms with Gasteiger partial charge in [0.15, 0.2) is 0 Å². The zero-order chi connectivity index (χ0) is 31.2. The predicted octanol–water partition coefficient (Wildman–Crippen LogP) is 12.4. The number of para-hydroxylation sites is 3. The molecule has 45 heavy (non-hydrogen) atoms. The van der Waals surface area contributed by atoms with E-state index in [1.165, 1.54) is 16.8 Å². The first-order chi connectivity index (χ1) is 21.9. The fraction of sp³-hybridized carbons (Fsp3) is 0.116. The molecule has 0 atom stereocenters. The molecule has 6 rings (SSSR count). The van der Waals surface area contributed by atoms with Crippen molar-refractivity contribution in [1.29, 1.82) is 0 Å². The van der Waals surface area contributed by atoms with Gasteiger partial charge in [-0.3, -0.25) is 0 Å². The molecule has 0 amide bonds. The molecule has 0 bridgehead atoms. The number of nitrogens with zero attached hydrogens (tertiary/aromatic N) is 2. The summed E-state index contributed by atoms with van der Waals surface area (Å²) in [7, 11) is 0. The van der Waals surface area contributed by atoms with E-state index in [0.717, 1.165) is 39.6 Å². The molecule has 0 fully saturated rings. The summed E-state index contributed by atoms with van der Waals surface area (Å²) in [5.41, 5.74) is 11.9. The molecule has 6 aromatic rings. The minimum atomic E-state index is 0.115. The molecule has 0 N–H and O–H groups in total. The minimum absolute atomic E-state index is 0.115. The first-order valence-electron chi connectivity index (χ1n) is 15.6. The number of rotatable bonds is 8. The highest BCUT2D eigenvalue weighted by Gasteiger charge is 2.17. The molecule has 2 heteroatoms. The summed E-state index contributed by atoms with van der Waals surface area (Å²) < 4.78 is 0. The second kappa shape index (κ2) is 13.1. The van der Waals surface area contributed by atoms with Crippen LogP contribution in [-0.4, -0.2) is 0 Å². The Bertz CT molecular complexity index is 1810. The Kier molecular flexibility index (Phi) is 8.66. The molecule has 0 spiro atoms. The van der Waals surface area contributed by atoms with Crippen molar-refractivity contribution in [3.63, 3.8) is 0 Å². The normalized spacial score (nSPS) is 11.5. The lowest BCUT2D eigenvalue weighted by atomic mass is 9.87. The summed E-state index contributed by atoms with van der Waals surface area (Å²) in [6, 6.07) is 56.1. The van der Waals surface area contributed by atoms with Crippen molar-refractivity contribution < 1.29 is 0 Å². The third-order valence-electron chi connectivity index (χ3n) is 8.15. The average molecular weight is 585 g/mol. The Morgan fingerprint density at radius 2 is 0.778 bits per heavy atom. The van der Waals surface area contributed by atoms with Crippen molar-refractivity contribution in [3.8, 4) is 0 Å². The summed E-state index contributed by atoms with van der Waals surface area (Å²) in [4.78, 5) is 4.63. The van der Waals surface area contributed by atoms with Crippen molar-refractivity contribution in [2.24, 2.45) is 0 Å². The summed E-state index contributed by atoms with van der Waals surface area (Å²) in [5, 5.41) is 0. The largest absolute Gasteiger partial charge is 0.311 e. The van der Waals surface area contributed by atoms with Gasteiger partial charge in [-0.15, -0.1) is 0 Å². The molecule has 222 valence electrons. The smallest absolute Gasteiger partial charge is 0.0490 e. The second-order valence-corrected chi connectivity index (χ2v) is 12.4. The Hall–Kier alpha value is -5.34. The first kappa shape index (κ1) is 29.7. The fourth-order valence-corrected chi connectivity index (χ4v) is 5.61. The third-order valence-corrected chi connectivity index (χ3v) is 8.15. The summed E-state index contributed by atoms with van der Waals surface area (Å²) in [6.07, 6.45) is 4.36. The molecule has 0 heterocycles. The Balaban J connectivity index is 1.24. The van der Waals surface area contributed by atoms with Gasteiger partial charge in [0.2, 0.25) is 0 Å². The summed E-state index contributed by atoms with van der Waals surface area (Å²) in [5.74, 6) is 0. The molecule has 0 unspecified atom stereocenters. The van der Waals surface area contributed by atoms with E-state index in [4.69, 9.17) is 0 Å². The molecule has 0 radical (unpaired) electrons. The molecule has 0 saturated heterocycles. The van der Waals surface area contributed by atoms with E-state index >= 15 is 0 Å². The van der Waals surface area contributed by atoms with Gasteiger partial charge in [0.25, 0.3) is 0 Å². The first-order valence-corrected chi connectivity index (χ1v) is 15.6. The lowest BCUT2D eigenvalue weighted by Crippen LogP contribution is -2.13. The van der Waals surface area contributed by atoms with Crippen molar-refractivity contribution in [3.05, 3.63) is 180 Å². The fourth-order valence-electron chi connectivity index (χ4n) is 5.61. The van der Waals surface area contributed by atoms with Crippen LogP contribution in [0.4, 0.5) is 34.1 Å². The monoisotopic (exact) mass is 584 g/mol. The zero-order valence-corrected chi connectivity index (χ0v) is 26.6. The predicted molar refractivity (Wildman–Crippen MR) is 195 cm³/mol. The molecular formula is C43H40N2. The van der Waals surface area contributed by atoms with E-state index in [9.17, 15) is 0 Å². The van der Waals surface area contributed by atoms with Crippen LogP contribution in [0.1, 0.15) is 43.0 Å². The lowest BCUT2D eigenvalue weighted by Gasteiger charge is -2.28. The molecule has 0 saturated carbocycles. The minimum Gasteiger partial charge on any atom is -0.311 e. The highest BCUT2D eigenvalue weighted by molar-refractivity contribution is 5.81. The Morgan fingerprint density at radius 3 is 1.22 bits per heavy atom. The van der Waals surface area contributed by atoms with E-state index < -0.39 is 0 Å². The van der Waals surface area contributed by atoms with E-state index in [1.54, 1.807) is 0 Å². The SMILES string of the molecule is Cc1ccccc1N(c1ccc(/C=C/c2ccc(N(c3ccccc3)c3ccccc3)cc2)cc1)c1ccc(C(C)(C)C)cc1. The van der Waals surface area contributed by atoms with Crippen LogP contribution in [0.5, 0.6) is 0 Å². The van der Waals surface area contributed by atoms with Crippen LogP contribution in [0.25, 0.3) is 12.2 Å². The van der Waals surface area contributed by atoms with E-state index in [2.05, 4.69) is 207 Å². The highest BCUT2D eigenvalue weighted by atomic mass is 15.1. The van der Waals surface area contributed by atoms with Gasteiger partial charge < -0.3 is 9.80 Å². The number of aryl methyl sites for hydroxylation is 1. The lowest BCUT2D eigenvalue weighted by molar-refractivity contribution is 0.590. The maximum absolute atomic E-state index is 2.35. The maximum Gasteiger partial charge on any atom is 0.0490 e. The van der Waals surface area contributed by atoms with E-state index in [1.807, 2.05) is 0 Å². The number of hydrogen-bond donors (Lipinski definition) is 0. The van der Waals surface area contributed by atoms with Crippen molar-refractivity contribution in [1.82, 2.24) is 0 Å². The van der Waals surface area contributed by atoms with Crippen LogP contribution in [0.15, 0.2) is 158 Å². The average Bonchev–Trinajstić information content (AvgIpc) is 3.07. The third kappa shape index (κ3) is 6.92. The second-order valence-electron chi connectivity index (χ2n) is 12.4. The Morgan fingerprint density at radius 1 is 0.400 bits per heavy atom. The van der Waals surface area contributed by atoms with E-state index in [0.29, 0.717) is 0 Å². The van der Waals surface area contributed by atoms with Gasteiger partial charge in [0.05, 0.1) is 0 Å². The topological polar surface area (TPSA) is 6.48 Å². The number of anilines is 6. The van der Waals surface area contributed by atoms with Gasteiger partial charge in [0, 0.05) is 34.1 Å². The quantitative estimate of drug-likeness (QED) is 0.164. The molecular weight excluding hydrogens is 544 g/mol. The number of hydrogen-bond acceptors (Lipinski definition) is 2. The van der Waals surface area contributed by atoms with Gasteiger partial charge in [-0.25, -0.2) is 0 Å². The molecule has 0 aliphatic carbocycles. The van der Waals surface area contributed by atoms with E-state index in [-0.39, 0.29) is 5.41 Å². The zero-order valence-electron chi connectivity index (χ0n) is 26.6. The van der Waals surface area contributed by atoms with Crippen LogP contribution in [0, 0.1) is 6.92 Å². The van der Waals surface area contributed by atoms with Crippen LogP contribution < -0.4 is 9.80 Å². The van der Waals surface area contributed by atoms with Gasteiger partial charge in [-0.2, -0.15) is 0 Å². The number of benzene rings is 6. The summed E-state index contributed by atoms with van der Waals surface area (Å²) >= 11 is 0. The van der Waals surface area contributed by atoms with Crippen molar-refractivity contribution in [2.75, 3.05) is 9.80 Å². The van der Waals surface area contributed by atoms with Crippen LogP contribution in [0.2, 0.25) is 0 Å². The van der Waals surface area contributed by atoms with Crippen molar-refractivity contribution in [2.45, 2.75) is 33.1 Å². The van der Waals surface area contributed by atoms with Gasteiger partial charge >= 0.3 is 0 Å². The molecule has 0 aliphatic heterocycles. The van der Waals surface area contributed by atoms with Crippen LogP contribution >= 0.6 is 0 Å². The Labute approximate surface area is 268 Å². The van der Waals surface area contributed by atoms with Gasteiger partial charge in [0.1, 0.15) is 0 Å². The molecule has 2 nitrogen and oxygen atoms in total.